The third kappa shape index (κ3) is 3.41. The second-order valence-electron chi connectivity index (χ2n) is 3.60. The lowest BCUT2D eigenvalue weighted by Crippen LogP contribution is -1.99. The summed E-state index contributed by atoms with van der Waals surface area (Å²) >= 11 is 1.25. The smallest absolute Gasteiger partial charge is 0.283 e. The van der Waals surface area contributed by atoms with Gasteiger partial charge >= 0.3 is 0 Å². The average Bonchev–Trinajstić information content (AvgIpc) is 2.40. The van der Waals surface area contributed by atoms with Gasteiger partial charge in [0.2, 0.25) is 0 Å². The van der Waals surface area contributed by atoms with Crippen LogP contribution in [-0.4, -0.2) is 21.4 Å². The van der Waals surface area contributed by atoms with E-state index in [1.165, 1.54) is 24.2 Å². The molecule has 0 spiro atoms. The minimum atomic E-state index is -0.394. The van der Waals surface area contributed by atoms with Gasteiger partial charge in [0.1, 0.15) is 17.2 Å². The van der Waals surface area contributed by atoms with E-state index in [0.717, 1.165) is 6.54 Å². The summed E-state index contributed by atoms with van der Waals surface area (Å²) in [5, 5.41) is 14.7. The maximum absolute atomic E-state index is 10.9. The number of nitrogens with one attached hydrogen (secondary N) is 1. The average molecular weight is 276 g/mol. The lowest BCUT2D eigenvalue weighted by Gasteiger charge is -2.04. The van der Waals surface area contributed by atoms with Crippen molar-refractivity contribution in [1.82, 2.24) is 9.97 Å². The van der Waals surface area contributed by atoms with Crippen LogP contribution in [0.4, 0.5) is 11.5 Å². The van der Waals surface area contributed by atoms with Crippen molar-refractivity contribution in [2.24, 2.45) is 0 Å². The molecule has 0 amide bonds. The zero-order valence-corrected chi connectivity index (χ0v) is 11.1. The second-order valence-corrected chi connectivity index (χ2v) is 4.66. The highest BCUT2D eigenvalue weighted by Gasteiger charge is 2.14. The van der Waals surface area contributed by atoms with Crippen molar-refractivity contribution in [2.75, 3.05) is 11.9 Å². The predicted molar refractivity (Wildman–Crippen MR) is 73.4 cm³/mol. The van der Waals surface area contributed by atoms with E-state index in [1.807, 2.05) is 6.92 Å². The number of rotatable bonds is 5. The number of aromatic nitrogens is 2. The van der Waals surface area contributed by atoms with Gasteiger partial charge in [-0.2, -0.15) is 0 Å². The molecule has 7 heteroatoms. The molecule has 0 atom stereocenters. The molecule has 0 aliphatic carbocycles. The highest BCUT2D eigenvalue weighted by Crippen LogP contribution is 2.33. The number of hydrogen-bond donors (Lipinski definition) is 1. The van der Waals surface area contributed by atoms with Crippen molar-refractivity contribution in [2.45, 2.75) is 16.8 Å². The Morgan fingerprint density at radius 1 is 1.37 bits per heavy atom. The van der Waals surface area contributed by atoms with Crippen molar-refractivity contribution in [3.05, 3.63) is 46.8 Å². The van der Waals surface area contributed by atoms with Gasteiger partial charge in [0, 0.05) is 18.7 Å². The molecular weight excluding hydrogens is 264 g/mol. The van der Waals surface area contributed by atoms with E-state index < -0.39 is 4.92 Å². The molecular formula is C12H12N4O2S. The van der Waals surface area contributed by atoms with E-state index in [-0.39, 0.29) is 5.69 Å². The van der Waals surface area contributed by atoms with Gasteiger partial charge < -0.3 is 5.32 Å². The summed E-state index contributed by atoms with van der Waals surface area (Å²) in [5.41, 5.74) is 0.0797. The Bertz CT molecular complexity index is 591. The second kappa shape index (κ2) is 6.14. The van der Waals surface area contributed by atoms with Gasteiger partial charge in [-0.05, 0) is 13.0 Å². The number of anilines is 1. The highest BCUT2D eigenvalue weighted by atomic mass is 32.2. The molecule has 98 valence electrons. The predicted octanol–water partition coefficient (Wildman–Crippen LogP) is 2.97. The Hall–Kier alpha value is -2.15. The van der Waals surface area contributed by atoms with Crippen LogP contribution in [0, 0.1) is 10.1 Å². The first-order chi connectivity index (χ1) is 9.20. The molecule has 0 radical (unpaired) electrons. The third-order valence-electron chi connectivity index (χ3n) is 2.28. The van der Waals surface area contributed by atoms with Crippen molar-refractivity contribution in [3.63, 3.8) is 0 Å². The van der Waals surface area contributed by atoms with E-state index in [2.05, 4.69) is 15.3 Å². The maximum Gasteiger partial charge on any atom is 0.283 e. The van der Waals surface area contributed by atoms with E-state index in [9.17, 15) is 10.1 Å². The molecule has 6 nitrogen and oxygen atoms in total. The van der Waals surface area contributed by atoms with Gasteiger partial charge in [0.25, 0.3) is 5.69 Å². The van der Waals surface area contributed by atoms with Crippen molar-refractivity contribution < 1.29 is 4.92 Å². The maximum atomic E-state index is 10.9. The topological polar surface area (TPSA) is 81.0 Å². The molecule has 0 unspecified atom stereocenters. The van der Waals surface area contributed by atoms with Crippen molar-refractivity contribution in [1.29, 1.82) is 0 Å². The lowest BCUT2D eigenvalue weighted by atomic mass is 10.3. The van der Waals surface area contributed by atoms with Gasteiger partial charge in [-0.1, -0.05) is 23.9 Å². The summed E-state index contributed by atoms with van der Waals surface area (Å²) in [5.74, 6) is 0.707. The number of nitro benzene ring substituents is 1. The fraction of sp³-hybridized carbons (Fsp3) is 0.167. The molecule has 1 N–H and O–H groups in total. The molecule has 2 rings (SSSR count). The standard InChI is InChI=1S/C12H12N4O2S/c1-2-13-11-7-12(15-8-14-11)19-10-6-4-3-5-9(10)16(17)18/h3-8H,2H2,1H3,(H,13,14,15). The molecule has 1 aromatic carbocycles. The van der Waals surface area contributed by atoms with Crippen LogP contribution in [0.3, 0.4) is 0 Å². The molecule has 0 bridgehead atoms. The minimum absolute atomic E-state index is 0.0797. The molecule has 0 aliphatic rings. The largest absolute Gasteiger partial charge is 0.370 e. The summed E-state index contributed by atoms with van der Waals surface area (Å²) in [6.45, 7) is 2.73. The third-order valence-corrected chi connectivity index (χ3v) is 3.27. The molecule has 0 fully saturated rings. The highest BCUT2D eigenvalue weighted by molar-refractivity contribution is 7.99. The van der Waals surface area contributed by atoms with Crippen molar-refractivity contribution in [3.8, 4) is 0 Å². The number of hydrogen-bond acceptors (Lipinski definition) is 6. The Kier molecular flexibility index (Phi) is 4.30. The zero-order chi connectivity index (χ0) is 13.7. The van der Waals surface area contributed by atoms with Crippen LogP contribution < -0.4 is 5.32 Å². The molecule has 0 saturated carbocycles. The zero-order valence-electron chi connectivity index (χ0n) is 10.2. The molecule has 19 heavy (non-hydrogen) atoms. The van der Waals surface area contributed by atoms with Crippen LogP contribution in [0.15, 0.2) is 46.6 Å². The van der Waals surface area contributed by atoms with E-state index in [4.69, 9.17) is 0 Å². The fourth-order valence-corrected chi connectivity index (χ4v) is 2.37. The summed E-state index contributed by atoms with van der Waals surface area (Å²) in [6, 6.07) is 8.37. The van der Waals surface area contributed by atoms with E-state index in [0.29, 0.717) is 15.7 Å². The Labute approximate surface area is 114 Å². The SMILES string of the molecule is CCNc1cc(Sc2ccccc2[N+](=O)[O-])ncn1. The quantitative estimate of drug-likeness (QED) is 0.513. The Morgan fingerprint density at radius 2 is 2.16 bits per heavy atom. The van der Waals surface area contributed by atoms with E-state index in [1.54, 1.807) is 24.3 Å². The summed E-state index contributed by atoms with van der Waals surface area (Å²) in [4.78, 5) is 19.3. The number of nitrogens with zero attached hydrogens (tertiary/aromatic N) is 3. The van der Waals surface area contributed by atoms with Crippen LogP contribution in [0.1, 0.15) is 6.92 Å². The van der Waals surface area contributed by atoms with Crippen LogP contribution in [0.5, 0.6) is 0 Å². The molecule has 1 heterocycles. The summed E-state index contributed by atoms with van der Waals surface area (Å²) < 4.78 is 0. The molecule has 0 aliphatic heterocycles. The van der Waals surface area contributed by atoms with Gasteiger partial charge in [0.15, 0.2) is 0 Å². The van der Waals surface area contributed by atoms with Crippen LogP contribution in [0.25, 0.3) is 0 Å². The number of nitro groups is 1. The minimum Gasteiger partial charge on any atom is -0.370 e. The fourth-order valence-electron chi connectivity index (χ4n) is 1.48. The van der Waals surface area contributed by atoms with Crippen LogP contribution in [-0.2, 0) is 0 Å². The van der Waals surface area contributed by atoms with Gasteiger partial charge in [-0.25, -0.2) is 9.97 Å². The van der Waals surface area contributed by atoms with Gasteiger partial charge in [-0.15, -0.1) is 0 Å². The Balaban J connectivity index is 2.26. The first-order valence-corrected chi connectivity index (χ1v) is 6.49. The van der Waals surface area contributed by atoms with E-state index >= 15 is 0 Å². The normalized spacial score (nSPS) is 10.2. The monoisotopic (exact) mass is 276 g/mol. The first kappa shape index (κ1) is 13.3. The first-order valence-electron chi connectivity index (χ1n) is 5.68. The molecule has 0 saturated heterocycles. The van der Waals surface area contributed by atoms with Crippen LogP contribution >= 0.6 is 11.8 Å². The number of benzene rings is 1. The van der Waals surface area contributed by atoms with Crippen LogP contribution in [0.2, 0.25) is 0 Å². The van der Waals surface area contributed by atoms with Crippen molar-refractivity contribution >= 4 is 23.3 Å². The molecule has 2 aromatic rings. The number of para-hydroxylation sites is 1. The molecule has 1 aromatic heterocycles. The lowest BCUT2D eigenvalue weighted by molar-refractivity contribution is -0.387. The van der Waals surface area contributed by atoms with Gasteiger partial charge in [0.05, 0.1) is 9.82 Å². The summed E-state index contributed by atoms with van der Waals surface area (Å²) in [7, 11) is 0. The van der Waals surface area contributed by atoms with Gasteiger partial charge in [-0.3, -0.25) is 10.1 Å². The summed E-state index contributed by atoms with van der Waals surface area (Å²) in [6.07, 6.45) is 1.44. The Morgan fingerprint density at radius 3 is 2.89 bits per heavy atom.